The molecule has 1 unspecified atom stereocenters. The molecule has 3 heteroatoms. The van der Waals surface area contributed by atoms with Crippen molar-refractivity contribution in [2.45, 2.75) is 25.8 Å². The highest BCUT2D eigenvalue weighted by Gasteiger charge is 2.12. The van der Waals surface area contributed by atoms with Crippen molar-refractivity contribution >= 4 is 0 Å². The first-order chi connectivity index (χ1) is 5.83. The number of hydrogen-bond donors (Lipinski definition) is 3. The van der Waals surface area contributed by atoms with Gasteiger partial charge in [0.15, 0.2) is 0 Å². The highest BCUT2D eigenvalue weighted by molar-refractivity contribution is 4.71. The van der Waals surface area contributed by atoms with Crippen molar-refractivity contribution in [1.82, 2.24) is 10.6 Å². The molecule has 1 atom stereocenters. The van der Waals surface area contributed by atoms with E-state index in [-0.39, 0.29) is 12.6 Å². The molecule has 0 aliphatic carbocycles. The molecule has 1 rings (SSSR count). The molecule has 0 aromatic rings. The molecular weight excluding hydrogens is 152 g/mol. The van der Waals surface area contributed by atoms with Crippen LogP contribution in [0.5, 0.6) is 0 Å². The number of aliphatic hydroxyl groups is 1. The van der Waals surface area contributed by atoms with Gasteiger partial charge >= 0.3 is 0 Å². The topological polar surface area (TPSA) is 44.3 Å². The molecule has 12 heavy (non-hydrogen) atoms. The van der Waals surface area contributed by atoms with Crippen molar-refractivity contribution in [2.24, 2.45) is 5.92 Å². The third-order valence-corrected chi connectivity index (χ3v) is 2.49. The lowest BCUT2D eigenvalue weighted by molar-refractivity contribution is 0.240. The predicted molar refractivity (Wildman–Crippen MR) is 50.1 cm³/mol. The van der Waals surface area contributed by atoms with Gasteiger partial charge < -0.3 is 15.7 Å². The molecule has 0 aromatic heterocycles. The zero-order chi connectivity index (χ0) is 8.81. The van der Waals surface area contributed by atoms with Crippen LogP contribution in [0.1, 0.15) is 19.8 Å². The van der Waals surface area contributed by atoms with Crippen molar-refractivity contribution in [1.29, 1.82) is 0 Å². The summed E-state index contributed by atoms with van der Waals surface area (Å²) in [5, 5.41) is 15.5. The third kappa shape index (κ3) is 3.52. The van der Waals surface area contributed by atoms with Crippen molar-refractivity contribution in [3.8, 4) is 0 Å². The van der Waals surface area contributed by atoms with E-state index < -0.39 is 0 Å². The maximum atomic E-state index is 8.79. The molecule has 0 amide bonds. The van der Waals surface area contributed by atoms with E-state index in [1.165, 1.54) is 12.8 Å². The largest absolute Gasteiger partial charge is 0.395 e. The zero-order valence-corrected chi connectivity index (χ0v) is 7.84. The summed E-state index contributed by atoms with van der Waals surface area (Å²) in [6, 6.07) is 0.250. The van der Waals surface area contributed by atoms with Crippen LogP contribution in [0.2, 0.25) is 0 Å². The molecule has 0 aromatic carbocycles. The number of rotatable bonds is 4. The van der Waals surface area contributed by atoms with Gasteiger partial charge in [-0.3, -0.25) is 0 Å². The monoisotopic (exact) mass is 172 g/mol. The summed E-state index contributed by atoms with van der Waals surface area (Å²) in [4.78, 5) is 0. The van der Waals surface area contributed by atoms with E-state index in [2.05, 4.69) is 10.6 Å². The highest BCUT2D eigenvalue weighted by atomic mass is 16.3. The number of piperidine rings is 1. The fourth-order valence-corrected chi connectivity index (χ4v) is 1.52. The minimum atomic E-state index is 0.241. The smallest absolute Gasteiger partial charge is 0.0581 e. The van der Waals surface area contributed by atoms with Crippen LogP contribution in [-0.4, -0.2) is 37.4 Å². The molecule has 0 saturated carbocycles. The summed E-state index contributed by atoms with van der Waals surface area (Å²) in [6.45, 7) is 5.62. The lowest BCUT2D eigenvalue weighted by Gasteiger charge is -2.24. The van der Waals surface area contributed by atoms with Crippen LogP contribution >= 0.6 is 0 Å². The molecular formula is C9H20N2O. The van der Waals surface area contributed by atoms with Crippen LogP contribution in [0, 0.1) is 5.92 Å². The van der Waals surface area contributed by atoms with Gasteiger partial charge in [0.05, 0.1) is 6.61 Å². The van der Waals surface area contributed by atoms with Gasteiger partial charge in [-0.25, -0.2) is 0 Å². The summed E-state index contributed by atoms with van der Waals surface area (Å²) in [5.74, 6) is 0.806. The molecule has 72 valence electrons. The Bertz CT molecular complexity index is 113. The Hall–Kier alpha value is -0.120. The molecule has 0 bridgehead atoms. The molecule has 1 aliphatic heterocycles. The van der Waals surface area contributed by atoms with E-state index in [1.807, 2.05) is 6.92 Å². The molecule has 1 fully saturated rings. The maximum Gasteiger partial charge on any atom is 0.0581 e. The molecule has 1 heterocycles. The average Bonchev–Trinajstić information content (AvgIpc) is 2.16. The van der Waals surface area contributed by atoms with Crippen LogP contribution in [0.15, 0.2) is 0 Å². The Morgan fingerprint density at radius 3 is 2.75 bits per heavy atom. The second kappa shape index (κ2) is 5.51. The number of aliphatic hydroxyl groups excluding tert-OH is 1. The molecule has 1 aliphatic rings. The van der Waals surface area contributed by atoms with Gasteiger partial charge in [-0.15, -0.1) is 0 Å². The number of nitrogens with one attached hydrogen (secondary N) is 2. The fourth-order valence-electron chi connectivity index (χ4n) is 1.52. The van der Waals surface area contributed by atoms with Crippen molar-refractivity contribution in [3.63, 3.8) is 0 Å². The second-order valence-corrected chi connectivity index (χ2v) is 3.69. The lowest BCUT2D eigenvalue weighted by atomic mass is 9.98. The summed E-state index contributed by atoms with van der Waals surface area (Å²) >= 11 is 0. The Labute approximate surface area is 74.5 Å². The normalized spacial score (nSPS) is 22.5. The van der Waals surface area contributed by atoms with E-state index in [0.717, 1.165) is 25.6 Å². The summed E-state index contributed by atoms with van der Waals surface area (Å²) < 4.78 is 0. The predicted octanol–water partition coefficient (Wildman–Crippen LogP) is -0.0436. The Morgan fingerprint density at radius 1 is 1.50 bits per heavy atom. The summed E-state index contributed by atoms with van der Waals surface area (Å²) in [6.07, 6.45) is 2.54. The Morgan fingerprint density at radius 2 is 2.17 bits per heavy atom. The van der Waals surface area contributed by atoms with E-state index in [1.54, 1.807) is 0 Å². The van der Waals surface area contributed by atoms with Crippen molar-refractivity contribution in [2.75, 3.05) is 26.2 Å². The van der Waals surface area contributed by atoms with Gasteiger partial charge in [0.25, 0.3) is 0 Å². The first-order valence-electron chi connectivity index (χ1n) is 4.88. The van der Waals surface area contributed by atoms with Crippen LogP contribution in [0.3, 0.4) is 0 Å². The van der Waals surface area contributed by atoms with Crippen molar-refractivity contribution in [3.05, 3.63) is 0 Å². The summed E-state index contributed by atoms with van der Waals surface area (Å²) in [5.41, 5.74) is 0. The minimum Gasteiger partial charge on any atom is -0.395 e. The quantitative estimate of drug-likeness (QED) is 0.557. The lowest BCUT2D eigenvalue weighted by Crippen LogP contribution is -2.38. The van der Waals surface area contributed by atoms with E-state index in [4.69, 9.17) is 5.11 Å². The fraction of sp³-hybridized carbons (Fsp3) is 1.00. The van der Waals surface area contributed by atoms with Gasteiger partial charge in [0.2, 0.25) is 0 Å². The molecule has 0 radical (unpaired) electrons. The van der Waals surface area contributed by atoms with E-state index in [9.17, 15) is 0 Å². The van der Waals surface area contributed by atoms with Crippen LogP contribution < -0.4 is 10.6 Å². The van der Waals surface area contributed by atoms with Gasteiger partial charge in [-0.2, -0.15) is 0 Å². The molecule has 3 nitrogen and oxygen atoms in total. The van der Waals surface area contributed by atoms with Gasteiger partial charge in [-0.05, 0) is 45.3 Å². The first kappa shape index (κ1) is 9.96. The highest BCUT2D eigenvalue weighted by Crippen LogP contribution is 2.09. The first-order valence-corrected chi connectivity index (χ1v) is 4.88. The second-order valence-electron chi connectivity index (χ2n) is 3.69. The van der Waals surface area contributed by atoms with Crippen molar-refractivity contribution < 1.29 is 5.11 Å². The summed E-state index contributed by atoms with van der Waals surface area (Å²) in [7, 11) is 0. The Balaban J connectivity index is 2.05. The SMILES string of the molecule is CC(CO)NCC1CCNCC1. The minimum absolute atomic E-state index is 0.241. The Kier molecular flexibility index (Phi) is 4.58. The standard InChI is InChI=1S/C9H20N2O/c1-8(7-12)11-6-9-2-4-10-5-3-9/h8-12H,2-7H2,1H3. The number of hydrogen-bond acceptors (Lipinski definition) is 3. The molecule has 0 spiro atoms. The van der Waals surface area contributed by atoms with Crippen LogP contribution in [-0.2, 0) is 0 Å². The molecule has 1 saturated heterocycles. The van der Waals surface area contributed by atoms with E-state index >= 15 is 0 Å². The van der Waals surface area contributed by atoms with E-state index in [0.29, 0.717) is 0 Å². The zero-order valence-electron chi connectivity index (χ0n) is 7.84. The van der Waals surface area contributed by atoms with Gasteiger partial charge in [-0.1, -0.05) is 0 Å². The third-order valence-electron chi connectivity index (χ3n) is 2.49. The van der Waals surface area contributed by atoms with Crippen LogP contribution in [0.4, 0.5) is 0 Å². The molecule has 3 N–H and O–H groups in total. The average molecular weight is 172 g/mol. The van der Waals surface area contributed by atoms with Gasteiger partial charge in [0, 0.05) is 6.04 Å². The van der Waals surface area contributed by atoms with Gasteiger partial charge in [0.1, 0.15) is 0 Å². The maximum absolute atomic E-state index is 8.79. The van der Waals surface area contributed by atoms with Crippen LogP contribution in [0.25, 0.3) is 0 Å².